The van der Waals surface area contributed by atoms with Crippen molar-refractivity contribution in [2.24, 2.45) is 46.3 Å². The molecule has 1 aliphatic heterocycles. The number of hydrogen-bond donors (Lipinski definition) is 4. The minimum absolute atomic E-state index is 0.0749. The summed E-state index contributed by atoms with van der Waals surface area (Å²) in [5.74, 6) is 4.89. The first-order chi connectivity index (χ1) is 18.5. The summed E-state index contributed by atoms with van der Waals surface area (Å²) in [6.07, 6.45) is 10.4. The van der Waals surface area contributed by atoms with Crippen LogP contribution in [0.3, 0.4) is 0 Å². The molecular weight excluding hydrogens is 492 g/mol. The first-order valence-electron chi connectivity index (χ1n) is 16.1. The molecule has 0 spiro atoms. The first-order valence-corrected chi connectivity index (χ1v) is 16.1. The van der Waals surface area contributed by atoms with Crippen LogP contribution in [0.1, 0.15) is 105 Å². The van der Waals surface area contributed by atoms with Crippen LogP contribution in [0.4, 0.5) is 0 Å². The summed E-state index contributed by atoms with van der Waals surface area (Å²) in [6, 6.07) is 0. The van der Waals surface area contributed by atoms with Crippen molar-refractivity contribution in [2.45, 2.75) is 142 Å². The van der Waals surface area contributed by atoms with Crippen molar-refractivity contribution in [1.82, 2.24) is 0 Å². The Kier molecular flexibility index (Phi) is 8.95. The Labute approximate surface area is 236 Å². The van der Waals surface area contributed by atoms with Crippen molar-refractivity contribution in [3.8, 4) is 0 Å². The molecule has 4 unspecified atom stereocenters. The third-order valence-corrected chi connectivity index (χ3v) is 12.4. The summed E-state index contributed by atoms with van der Waals surface area (Å²) in [7, 11) is 0. The molecule has 6 heteroatoms. The summed E-state index contributed by atoms with van der Waals surface area (Å²) in [5.41, 5.74) is 2.22. The highest BCUT2D eigenvalue weighted by atomic mass is 16.7. The van der Waals surface area contributed by atoms with Gasteiger partial charge in [-0.15, -0.1) is 0 Å². The van der Waals surface area contributed by atoms with Gasteiger partial charge in [0, 0.05) is 0 Å². The minimum Gasteiger partial charge on any atom is -0.394 e. The highest BCUT2D eigenvalue weighted by molar-refractivity contribution is 5.25. The molecule has 3 saturated carbocycles. The summed E-state index contributed by atoms with van der Waals surface area (Å²) in [6.45, 7) is 11.9. The van der Waals surface area contributed by atoms with E-state index in [0.717, 1.165) is 54.8 Å². The summed E-state index contributed by atoms with van der Waals surface area (Å²) < 4.78 is 11.9. The zero-order valence-corrected chi connectivity index (χ0v) is 25.1. The van der Waals surface area contributed by atoms with Crippen molar-refractivity contribution in [2.75, 3.05) is 6.61 Å². The molecule has 4 aliphatic carbocycles. The number of allylic oxidation sites excluding steroid dienone is 1. The fraction of sp³-hybridized carbons (Fsp3) is 0.939. The summed E-state index contributed by atoms with van der Waals surface area (Å²) in [5, 5.41) is 40.0. The Bertz CT molecular complexity index is 874. The molecule has 39 heavy (non-hydrogen) atoms. The molecular formula is C33H56O6. The van der Waals surface area contributed by atoms with Gasteiger partial charge in [0.25, 0.3) is 0 Å². The van der Waals surface area contributed by atoms with Crippen molar-refractivity contribution < 1.29 is 29.9 Å². The van der Waals surface area contributed by atoms with Crippen LogP contribution in [-0.2, 0) is 9.47 Å². The van der Waals surface area contributed by atoms with Gasteiger partial charge < -0.3 is 29.9 Å². The SMILES string of the molecule is CC(C)CCC[C@@H](C)[C@H]1CCC2C3CC=C4CC(O[C@@H]5O[C@@H]([C@H](O)CO)[C@H](O)[C@H]5O)CC[C@]4(C)C3CC[C@@]21C. The number of ether oxygens (including phenoxy) is 2. The molecule has 1 heterocycles. The standard InChI is InChI=1S/C33H56O6/c1-19(2)7-6-8-20(3)24-11-12-25-23-10-9-21-17-22(13-15-32(21,4)26(23)14-16-33(24,25)5)38-31-29(37)28(36)30(39-31)27(35)18-34/h9,19-20,22-31,34-37H,6-8,10-18H2,1-5H3/t20-,22?,23?,24-,25?,26?,27-,28-,29-,30+,31-,32+,33-/m1/s1. The second-order valence-electron chi connectivity index (χ2n) is 15.0. The third-order valence-electron chi connectivity index (χ3n) is 12.4. The molecule has 0 aromatic rings. The van der Waals surface area contributed by atoms with Gasteiger partial charge in [-0.2, -0.15) is 0 Å². The molecule has 0 radical (unpaired) electrons. The molecule has 13 atom stereocenters. The van der Waals surface area contributed by atoms with Crippen LogP contribution in [0, 0.1) is 46.3 Å². The van der Waals surface area contributed by atoms with E-state index >= 15 is 0 Å². The van der Waals surface area contributed by atoms with E-state index in [1.807, 2.05) is 0 Å². The van der Waals surface area contributed by atoms with Crippen molar-refractivity contribution in [3.63, 3.8) is 0 Å². The lowest BCUT2D eigenvalue weighted by Gasteiger charge is -2.58. The van der Waals surface area contributed by atoms with Crippen LogP contribution in [0.15, 0.2) is 11.6 Å². The lowest BCUT2D eigenvalue weighted by atomic mass is 9.47. The monoisotopic (exact) mass is 548 g/mol. The Morgan fingerprint density at radius 1 is 1.00 bits per heavy atom. The average Bonchev–Trinajstić information content (AvgIpc) is 3.40. The predicted molar refractivity (Wildman–Crippen MR) is 152 cm³/mol. The number of rotatable bonds is 9. The van der Waals surface area contributed by atoms with Crippen LogP contribution in [0.5, 0.6) is 0 Å². The first kappa shape index (κ1) is 30.0. The van der Waals surface area contributed by atoms with Crippen molar-refractivity contribution in [3.05, 3.63) is 11.6 Å². The van der Waals surface area contributed by atoms with Gasteiger partial charge in [0.15, 0.2) is 6.29 Å². The van der Waals surface area contributed by atoms with Crippen LogP contribution in [0.2, 0.25) is 0 Å². The van der Waals surface area contributed by atoms with Gasteiger partial charge in [0.2, 0.25) is 0 Å². The predicted octanol–water partition coefficient (Wildman–Crippen LogP) is 5.21. The van der Waals surface area contributed by atoms with Gasteiger partial charge in [0.1, 0.15) is 24.4 Å². The molecule has 1 saturated heterocycles. The number of aliphatic hydroxyl groups is 4. The largest absolute Gasteiger partial charge is 0.394 e. The van der Waals surface area contributed by atoms with E-state index in [4.69, 9.17) is 9.47 Å². The van der Waals surface area contributed by atoms with E-state index in [1.54, 1.807) is 0 Å². The van der Waals surface area contributed by atoms with E-state index < -0.39 is 37.3 Å². The van der Waals surface area contributed by atoms with E-state index in [1.165, 1.54) is 56.9 Å². The van der Waals surface area contributed by atoms with E-state index in [0.29, 0.717) is 5.41 Å². The van der Waals surface area contributed by atoms with E-state index in [2.05, 4.69) is 40.7 Å². The summed E-state index contributed by atoms with van der Waals surface area (Å²) in [4.78, 5) is 0. The molecule has 224 valence electrons. The third kappa shape index (κ3) is 5.41. The molecule has 0 amide bonds. The van der Waals surface area contributed by atoms with Crippen LogP contribution in [-0.4, -0.2) is 63.8 Å². The molecule has 5 rings (SSSR count). The lowest BCUT2D eigenvalue weighted by Crippen LogP contribution is -2.51. The number of hydrogen-bond acceptors (Lipinski definition) is 6. The van der Waals surface area contributed by atoms with E-state index in [9.17, 15) is 20.4 Å². The van der Waals surface area contributed by atoms with Crippen molar-refractivity contribution >= 4 is 0 Å². The van der Waals surface area contributed by atoms with E-state index in [-0.39, 0.29) is 11.5 Å². The molecule has 4 fully saturated rings. The molecule has 0 aromatic carbocycles. The Morgan fingerprint density at radius 3 is 2.49 bits per heavy atom. The molecule has 4 N–H and O–H groups in total. The maximum atomic E-state index is 10.5. The quantitative estimate of drug-likeness (QED) is 0.295. The molecule has 5 aliphatic rings. The topological polar surface area (TPSA) is 99.4 Å². The van der Waals surface area contributed by atoms with Gasteiger partial charge in [-0.25, -0.2) is 0 Å². The van der Waals surface area contributed by atoms with Crippen molar-refractivity contribution in [1.29, 1.82) is 0 Å². The Hall–Kier alpha value is -0.500. The highest BCUT2D eigenvalue weighted by Crippen LogP contribution is 2.67. The zero-order chi connectivity index (χ0) is 28.1. The normalized spacial score (nSPS) is 47.3. The maximum absolute atomic E-state index is 10.5. The van der Waals surface area contributed by atoms with Gasteiger partial charge in [-0.3, -0.25) is 0 Å². The zero-order valence-electron chi connectivity index (χ0n) is 25.1. The second-order valence-corrected chi connectivity index (χ2v) is 15.0. The van der Waals surface area contributed by atoms with Gasteiger partial charge in [-0.05, 0) is 97.7 Å². The highest BCUT2D eigenvalue weighted by Gasteiger charge is 2.59. The van der Waals surface area contributed by atoms with Gasteiger partial charge in [-0.1, -0.05) is 65.5 Å². The molecule has 6 nitrogen and oxygen atoms in total. The molecule has 0 aromatic heterocycles. The smallest absolute Gasteiger partial charge is 0.186 e. The maximum Gasteiger partial charge on any atom is 0.186 e. The fourth-order valence-corrected chi connectivity index (χ4v) is 10.2. The molecule has 0 bridgehead atoms. The Balaban J connectivity index is 1.23. The van der Waals surface area contributed by atoms with Gasteiger partial charge in [0.05, 0.1) is 12.7 Å². The number of aliphatic hydroxyl groups excluding tert-OH is 4. The second kappa shape index (κ2) is 11.6. The lowest BCUT2D eigenvalue weighted by molar-refractivity contribution is -0.208. The number of fused-ring (bicyclic) bond motifs is 5. The average molecular weight is 549 g/mol. The summed E-state index contributed by atoms with van der Waals surface area (Å²) >= 11 is 0. The van der Waals surface area contributed by atoms with Crippen LogP contribution >= 0.6 is 0 Å². The van der Waals surface area contributed by atoms with Crippen LogP contribution < -0.4 is 0 Å². The Morgan fingerprint density at radius 2 is 1.77 bits per heavy atom. The minimum atomic E-state index is -1.27. The fourth-order valence-electron chi connectivity index (χ4n) is 10.2. The van der Waals surface area contributed by atoms with Gasteiger partial charge >= 0.3 is 0 Å². The van der Waals surface area contributed by atoms with Crippen LogP contribution in [0.25, 0.3) is 0 Å².